The number of amides is 1. The van der Waals surface area contributed by atoms with Crippen LogP contribution in [-0.4, -0.2) is 36.2 Å². The van der Waals surface area contributed by atoms with Crippen LogP contribution in [-0.2, 0) is 4.79 Å². The molecule has 0 radical (unpaired) electrons. The van der Waals surface area contributed by atoms with E-state index in [-0.39, 0.29) is 11.9 Å². The van der Waals surface area contributed by atoms with E-state index in [0.717, 1.165) is 30.4 Å². The van der Waals surface area contributed by atoms with Gasteiger partial charge in [-0.3, -0.25) is 4.79 Å². The molecule has 112 valence electrons. The summed E-state index contributed by atoms with van der Waals surface area (Å²) >= 11 is 5.39. The van der Waals surface area contributed by atoms with E-state index in [4.69, 9.17) is 21.7 Å². The second-order valence-corrected chi connectivity index (χ2v) is 5.36. The van der Waals surface area contributed by atoms with Crippen molar-refractivity contribution in [1.82, 2.24) is 14.9 Å². The van der Waals surface area contributed by atoms with Gasteiger partial charge in [0, 0.05) is 18.7 Å². The molecule has 21 heavy (non-hydrogen) atoms. The third-order valence-electron chi connectivity index (χ3n) is 3.79. The van der Waals surface area contributed by atoms with Crippen LogP contribution in [0.2, 0.25) is 0 Å². The number of hydrogen-bond donors (Lipinski definition) is 2. The highest BCUT2D eigenvalue weighted by molar-refractivity contribution is 7.71. The molecular formula is C14H17N3O3S. The Kier molecular flexibility index (Phi) is 3.59. The number of carbonyl (C=O) groups is 1. The molecule has 1 saturated heterocycles. The molecule has 1 aromatic heterocycles. The molecular weight excluding hydrogens is 290 g/mol. The van der Waals surface area contributed by atoms with Crippen LogP contribution in [0.3, 0.4) is 0 Å². The van der Waals surface area contributed by atoms with Crippen molar-refractivity contribution < 1.29 is 14.3 Å². The van der Waals surface area contributed by atoms with E-state index < -0.39 is 0 Å². The Labute approximate surface area is 127 Å². The van der Waals surface area contributed by atoms with Crippen molar-refractivity contribution in [3.05, 3.63) is 16.9 Å². The van der Waals surface area contributed by atoms with Crippen molar-refractivity contribution in [2.75, 3.05) is 20.8 Å². The average Bonchev–Trinajstić information content (AvgIpc) is 2.81. The van der Waals surface area contributed by atoms with Gasteiger partial charge in [-0.2, -0.15) is 0 Å². The number of aromatic amines is 1. The van der Waals surface area contributed by atoms with Gasteiger partial charge in [-0.05, 0) is 25.1 Å². The lowest BCUT2D eigenvalue weighted by molar-refractivity contribution is -0.125. The van der Waals surface area contributed by atoms with Crippen LogP contribution < -0.4 is 14.8 Å². The molecule has 0 aliphatic carbocycles. The number of imidazole rings is 1. The molecule has 0 saturated carbocycles. The molecule has 0 bridgehead atoms. The topological polar surface area (TPSA) is 68.3 Å². The fraction of sp³-hybridized carbons (Fsp3) is 0.429. The van der Waals surface area contributed by atoms with Crippen molar-refractivity contribution in [1.29, 1.82) is 0 Å². The van der Waals surface area contributed by atoms with E-state index in [1.165, 1.54) is 0 Å². The lowest BCUT2D eigenvalue weighted by atomic mass is 10.1. The van der Waals surface area contributed by atoms with E-state index >= 15 is 0 Å². The first-order valence-electron chi connectivity index (χ1n) is 6.79. The molecule has 0 spiro atoms. The van der Waals surface area contributed by atoms with Crippen molar-refractivity contribution in [3.63, 3.8) is 0 Å². The van der Waals surface area contributed by atoms with Gasteiger partial charge in [-0.25, -0.2) is 0 Å². The number of hydrogen-bond acceptors (Lipinski definition) is 4. The molecule has 3 rings (SSSR count). The maximum atomic E-state index is 12.1. The van der Waals surface area contributed by atoms with Crippen LogP contribution in [0.15, 0.2) is 12.1 Å². The van der Waals surface area contributed by atoms with Crippen molar-refractivity contribution in [2.45, 2.75) is 18.9 Å². The van der Waals surface area contributed by atoms with E-state index in [1.807, 2.05) is 16.7 Å². The number of carbonyl (C=O) groups excluding carboxylic acids is 1. The predicted molar refractivity (Wildman–Crippen MR) is 81.5 cm³/mol. The fourth-order valence-electron chi connectivity index (χ4n) is 2.76. The largest absolute Gasteiger partial charge is 0.493 e. The number of ether oxygens (including phenoxy) is 2. The normalized spacial score (nSPS) is 18.6. The number of benzene rings is 1. The van der Waals surface area contributed by atoms with Gasteiger partial charge in [0.25, 0.3) is 0 Å². The summed E-state index contributed by atoms with van der Waals surface area (Å²) in [5, 5.41) is 2.89. The first-order chi connectivity index (χ1) is 10.2. The molecule has 1 aliphatic heterocycles. The van der Waals surface area contributed by atoms with Crippen LogP contribution in [0.1, 0.15) is 18.9 Å². The van der Waals surface area contributed by atoms with Gasteiger partial charge < -0.3 is 24.3 Å². The van der Waals surface area contributed by atoms with Crippen LogP contribution in [0, 0.1) is 4.77 Å². The Morgan fingerprint density at radius 1 is 1.29 bits per heavy atom. The Morgan fingerprint density at radius 2 is 2.00 bits per heavy atom. The summed E-state index contributed by atoms with van der Waals surface area (Å²) < 4.78 is 13.0. The highest BCUT2D eigenvalue weighted by Gasteiger charge is 2.26. The number of nitrogens with one attached hydrogen (secondary N) is 2. The summed E-state index contributed by atoms with van der Waals surface area (Å²) in [6.07, 6.45) is 1.72. The minimum atomic E-state index is -0.280. The molecule has 2 heterocycles. The summed E-state index contributed by atoms with van der Waals surface area (Å²) in [6.45, 7) is 0.724. The smallest absolute Gasteiger partial charge is 0.243 e. The summed E-state index contributed by atoms with van der Waals surface area (Å²) in [5.74, 6) is 1.25. The van der Waals surface area contributed by atoms with Crippen LogP contribution >= 0.6 is 12.2 Å². The van der Waals surface area contributed by atoms with E-state index in [9.17, 15) is 4.79 Å². The van der Waals surface area contributed by atoms with Crippen LogP contribution in [0.5, 0.6) is 11.5 Å². The second-order valence-electron chi connectivity index (χ2n) is 4.97. The second kappa shape index (κ2) is 5.40. The van der Waals surface area contributed by atoms with Crippen LogP contribution in [0.4, 0.5) is 0 Å². The number of fused-ring (bicyclic) bond motifs is 1. The summed E-state index contributed by atoms with van der Waals surface area (Å²) in [6, 6.07) is 3.40. The van der Waals surface area contributed by atoms with E-state index in [2.05, 4.69) is 10.3 Å². The summed E-state index contributed by atoms with van der Waals surface area (Å²) in [4.78, 5) is 15.3. The molecule has 1 unspecified atom stereocenters. The Bertz CT molecular complexity index is 750. The average molecular weight is 307 g/mol. The Morgan fingerprint density at radius 3 is 2.67 bits per heavy atom. The zero-order valence-electron chi connectivity index (χ0n) is 11.9. The number of rotatable bonds is 3. The predicted octanol–water partition coefficient (Wildman–Crippen LogP) is 2.17. The highest BCUT2D eigenvalue weighted by atomic mass is 32.1. The number of aromatic nitrogens is 2. The SMILES string of the molecule is COc1cc2[nH]c(=S)n(C3CCCNC3=O)c2cc1OC. The summed E-state index contributed by atoms with van der Waals surface area (Å²) in [7, 11) is 3.17. The number of nitrogens with zero attached hydrogens (tertiary/aromatic N) is 1. The molecule has 2 N–H and O–H groups in total. The van der Waals surface area contributed by atoms with E-state index in [1.54, 1.807) is 14.2 Å². The number of H-pyrrole nitrogens is 1. The zero-order valence-corrected chi connectivity index (χ0v) is 12.8. The molecule has 1 aliphatic rings. The van der Waals surface area contributed by atoms with Crippen molar-refractivity contribution in [2.24, 2.45) is 0 Å². The summed E-state index contributed by atoms with van der Waals surface area (Å²) in [5.41, 5.74) is 1.68. The van der Waals surface area contributed by atoms with Gasteiger partial charge in [0.1, 0.15) is 6.04 Å². The standard InChI is InChI=1S/C14H17N3O3S/c1-19-11-6-8-10(7-12(11)20-2)17(14(21)16-8)9-4-3-5-15-13(9)18/h6-7,9H,3-5H2,1-2H3,(H,15,18)(H,16,21). The monoisotopic (exact) mass is 307 g/mol. The number of methoxy groups -OCH3 is 2. The lowest BCUT2D eigenvalue weighted by Gasteiger charge is -2.23. The molecule has 1 amide bonds. The third-order valence-corrected chi connectivity index (χ3v) is 4.09. The van der Waals surface area contributed by atoms with Crippen molar-refractivity contribution in [3.8, 4) is 11.5 Å². The molecule has 2 aromatic rings. The molecule has 6 nitrogen and oxygen atoms in total. The van der Waals surface area contributed by atoms with Gasteiger partial charge in [-0.1, -0.05) is 0 Å². The Balaban J connectivity index is 2.20. The number of piperidine rings is 1. The third kappa shape index (κ3) is 2.27. The van der Waals surface area contributed by atoms with Gasteiger partial charge in [0.2, 0.25) is 5.91 Å². The quantitative estimate of drug-likeness (QED) is 0.853. The van der Waals surface area contributed by atoms with Gasteiger partial charge >= 0.3 is 0 Å². The van der Waals surface area contributed by atoms with Gasteiger partial charge in [-0.15, -0.1) is 0 Å². The molecule has 1 aromatic carbocycles. The lowest BCUT2D eigenvalue weighted by Crippen LogP contribution is -2.37. The van der Waals surface area contributed by atoms with Crippen LogP contribution in [0.25, 0.3) is 11.0 Å². The minimum Gasteiger partial charge on any atom is -0.493 e. The fourth-order valence-corrected chi connectivity index (χ4v) is 3.10. The van der Waals surface area contributed by atoms with E-state index in [0.29, 0.717) is 16.3 Å². The Hall–Kier alpha value is -2.02. The zero-order chi connectivity index (χ0) is 15.0. The minimum absolute atomic E-state index is 0.00744. The molecule has 1 fully saturated rings. The first-order valence-corrected chi connectivity index (χ1v) is 7.20. The maximum absolute atomic E-state index is 12.1. The van der Waals surface area contributed by atoms with Crippen molar-refractivity contribution >= 4 is 29.2 Å². The van der Waals surface area contributed by atoms with Gasteiger partial charge in [0.15, 0.2) is 16.3 Å². The first kappa shape index (κ1) is 13.9. The highest BCUT2D eigenvalue weighted by Crippen LogP contribution is 2.34. The maximum Gasteiger partial charge on any atom is 0.243 e. The van der Waals surface area contributed by atoms with Gasteiger partial charge in [0.05, 0.1) is 25.3 Å². The molecule has 7 heteroatoms. The molecule has 1 atom stereocenters.